The molecule has 1 aromatic carbocycles. The van der Waals surface area contributed by atoms with E-state index in [1.807, 2.05) is 0 Å². The number of halogens is 3. The van der Waals surface area contributed by atoms with Gasteiger partial charge in [0.05, 0.1) is 13.2 Å². The summed E-state index contributed by atoms with van der Waals surface area (Å²) in [6.45, 7) is -2.19. The maximum atomic E-state index is 12.6. The van der Waals surface area contributed by atoms with Gasteiger partial charge in [-0.15, -0.1) is 5.46 Å². The van der Waals surface area contributed by atoms with Crippen molar-refractivity contribution in [2.24, 2.45) is 0 Å². The van der Waals surface area contributed by atoms with Crippen LogP contribution in [0.15, 0.2) is 18.2 Å². The predicted molar refractivity (Wildman–Crippen MR) is 64.4 cm³/mol. The van der Waals surface area contributed by atoms with Crippen LogP contribution in [0.4, 0.5) is 12.9 Å². The normalized spacial score (nSPS) is 16.8. The van der Waals surface area contributed by atoms with Crippen LogP contribution < -0.4 is 61.6 Å². The van der Waals surface area contributed by atoms with Gasteiger partial charge in [-0.25, -0.2) is 0 Å². The molecule has 0 N–H and O–H groups in total. The number of ether oxygens (including phenoxy) is 2. The number of aryl methyl sites for hydroxylation is 1. The van der Waals surface area contributed by atoms with E-state index in [4.69, 9.17) is 9.47 Å². The summed E-state index contributed by atoms with van der Waals surface area (Å²) in [7, 11) is 0. The van der Waals surface area contributed by atoms with E-state index < -0.39 is 12.4 Å². The minimum absolute atomic E-state index is 0. The number of hydrogen-bond donors (Lipinski definition) is 0. The molecule has 100 valence electrons. The van der Waals surface area contributed by atoms with Gasteiger partial charge in [0.15, 0.2) is 0 Å². The van der Waals surface area contributed by atoms with Gasteiger partial charge >= 0.3 is 58.4 Å². The zero-order valence-electron chi connectivity index (χ0n) is 11.2. The van der Waals surface area contributed by atoms with Crippen LogP contribution in [0.2, 0.25) is 0 Å². The van der Waals surface area contributed by atoms with E-state index in [0.29, 0.717) is 19.0 Å². The standard InChI is InChI=1S/C12H15BF3O2.K/c1-9-8-11(2-3-12(9)13(14,15)16)18-10-4-6-17-7-5-10;/h2-3,8,10H,4-7H2,1H3;/q-1;+1. The number of hydrogen-bond acceptors (Lipinski definition) is 2. The molecule has 0 saturated carbocycles. The van der Waals surface area contributed by atoms with Crippen LogP contribution in [0, 0.1) is 6.92 Å². The van der Waals surface area contributed by atoms with Crippen molar-refractivity contribution in [2.45, 2.75) is 25.9 Å². The maximum Gasteiger partial charge on any atom is 1.00 e. The van der Waals surface area contributed by atoms with Crippen molar-refractivity contribution in [1.29, 1.82) is 0 Å². The summed E-state index contributed by atoms with van der Waals surface area (Å²) >= 11 is 0. The summed E-state index contributed by atoms with van der Waals surface area (Å²) in [5.41, 5.74) is -0.332. The van der Waals surface area contributed by atoms with Gasteiger partial charge in [-0.1, -0.05) is 11.6 Å². The Morgan fingerprint density at radius 2 is 1.84 bits per heavy atom. The molecule has 0 aliphatic carbocycles. The molecular weight excluding hydrogens is 283 g/mol. The molecule has 7 heteroatoms. The smallest absolute Gasteiger partial charge is 0.490 e. The second-order valence-electron chi connectivity index (χ2n) is 4.52. The van der Waals surface area contributed by atoms with Crippen LogP contribution >= 0.6 is 0 Å². The molecule has 0 amide bonds. The Labute approximate surface area is 153 Å². The van der Waals surface area contributed by atoms with E-state index >= 15 is 0 Å². The van der Waals surface area contributed by atoms with Gasteiger partial charge < -0.3 is 22.4 Å². The molecule has 0 spiro atoms. The second-order valence-corrected chi connectivity index (χ2v) is 4.52. The fourth-order valence-electron chi connectivity index (χ4n) is 2.08. The first-order valence-corrected chi connectivity index (χ1v) is 6.02. The van der Waals surface area contributed by atoms with Gasteiger partial charge in [0, 0.05) is 12.8 Å². The van der Waals surface area contributed by atoms with Crippen molar-refractivity contribution in [2.75, 3.05) is 13.2 Å². The fraction of sp³-hybridized carbons (Fsp3) is 0.500. The topological polar surface area (TPSA) is 18.5 Å². The van der Waals surface area contributed by atoms with Crippen LogP contribution in [-0.2, 0) is 4.74 Å². The van der Waals surface area contributed by atoms with Crippen molar-refractivity contribution in [3.05, 3.63) is 23.8 Å². The van der Waals surface area contributed by atoms with Crippen molar-refractivity contribution >= 4 is 12.4 Å². The third kappa shape index (κ3) is 5.06. The minimum Gasteiger partial charge on any atom is -0.490 e. The maximum absolute atomic E-state index is 12.6. The summed E-state index contributed by atoms with van der Waals surface area (Å²) in [4.78, 5) is 0. The quantitative estimate of drug-likeness (QED) is 0.708. The first-order chi connectivity index (χ1) is 8.47. The first kappa shape index (κ1) is 17.5. The number of benzene rings is 1. The zero-order chi connectivity index (χ0) is 13.2. The molecule has 19 heavy (non-hydrogen) atoms. The van der Waals surface area contributed by atoms with Gasteiger partial charge in [-0.2, -0.15) is 0 Å². The van der Waals surface area contributed by atoms with E-state index in [2.05, 4.69) is 0 Å². The molecule has 1 aliphatic heterocycles. The zero-order valence-corrected chi connectivity index (χ0v) is 14.3. The SMILES string of the molecule is Cc1cc(OC2CCOCC2)ccc1[B-](F)(F)F.[K+]. The van der Waals surface area contributed by atoms with Crippen LogP contribution in [0.1, 0.15) is 18.4 Å². The first-order valence-electron chi connectivity index (χ1n) is 6.02. The Morgan fingerprint density at radius 1 is 1.21 bits per heavy atom. The molecular formula is C12H15BF3KO2. The molecule has 0 unspecified atom stereocenters. The van der Waals surface area contributed by atoms with Crippen molar-refractivity contribution < 1.29 is 73.8 Å². The Bertz CT molecular complexity index is 420. The summed E-state index contributed by atoms with van der Waals surface area (Å²) in [6, 6.07) is 3.96. The summed E-state index contributed by atoms with van der Waals surface area (Å²) in [6.07, 6.45) is 1.61. The van der Waals surface area contributed by atoms with E-state index in [0.717, 1.165) is 18.9 Å². The minimum atomic E-state index is -4.95. The average Bonchev–Trinajstić information content (AvgIpc) is 2.28. The molecule has 2 rings (SSSR count). The molecule has 1 saturated heterocycles. The molecule has 2 nitrogen and oxygen atoms in total. The van der Waals surface area contributed by atoms with E-state index in [-0.39, 0.29) is 63.1 Å². The monoisotopic (exact) mass is 298 g/mol. The Balaban J connectivity index is 0.00000180. The van der Waals surface area contributed by atoms with Gasteiger partial charge in [-0.05, 0) is 19.1 Å². The fourth-order valence-corrected chi connectivity index (χ4v) is 2.08. The van der Waals surface area contributed by atoms with Gasteiger partial charge in [0.25, 0.3) is 0 Å². The third-order valence-corrected chi connectivity index (χ3v) is 3.06. The molecule has 0 atom stereocenters. The Hall–Kier alpha value is 0.471. The van der Waals surface area contributed by atoms with E-state index in [9.17, 15) is 12.9 Å². The molecule has 1 aromatic rings. The summed E-state index contributed by atoms with van der Waals surface area (Å²) in [5, 5.41) is 0. The molecule has 1 heterocycles. The third-order valence-electron chi connectivity index (χ3n) is 3.06. The number of rotatable bonds is 3. The van der Waals surface area contributed by atoms with Gasteiger partial charge in [-0.3, -0.25) is 0 Å². The van der Waals surface area contributed by atoms with Crippen LogP contribution in [0.5, 0.6) is 5.75 Å². The van der Waals surface area contributed by atoms with E-state index in [1.54, 1.807) is 0 Å². The summed E-state index contributed by atoms with van der Waals surface area (Å²) in [5.74, 6) is 0.503. The van der Waals surface area contributed by atoms with Crippen LogP contribution in [0.25, 0.3) is 0 Å². The molecule has 1 fully saturated rings. The Morgan fingerprint density at radius 3 is 2.37 bits per heavy atom. The summed E-state index contributed by atoms with van der Waals surface area (Å²) < 4.78 is 48.8. The van der Waals surface area contributed by atoms with Crippen molar-refractivity contribution in [3.8, 4) is 5.75 Å². The predicted octanol–water partition coefficient (Wildman–Crippen LogP) is -0.389. The van der Waals surface area contributed by atoms with Gasteiger partial charge in [0.2, 0.25) is 0 Å². The Kier molecular flexibility index (Phi) is 6.89. The van der Waals surface area contributed by atoms with Gasteiger partial charge in [0.1, 0.15) is 11.9 Å². The average molecular weight is 298 g/mol. The largest absolute Gasteiger partial charge is 1.00 e. The molecule has 1 aliphatic rings. The molecule has 0 radical (unpaired) electrons. The molecule has 0 bridgehead atoms. The van der Waals surface area contributed by atoms with Crippen LogP contribution in [-0.4, -0.2) is 26.3 Å². The van der Waals surface area contributed by atoms with E-state index in [1.165, 1.54) is 19.1 Å². The van der Waals surface area contributed by atoms with Crippen molar-refractivity contribution in [3.63, 3.8) is 0 Å². The second kappa shape index (κ2) is 7.47. The van der Waals surface area contributed by atoms with Crippen LogP contribution in [0.3, 0.4) is 0 Å². The van der Waals surface area contributed by atoms with Crippen molar-refractivity contribution in [1.82, 2.24) is 0 Å². The molecule has 0 aromatic heterocycles.